The lowest BCUT2D eigenvalue weighted by molar-refractivity contribution is -0.133. The van der Waals surface area contributed by atoms with Gasteiger partial charge in [-0.25, -0.2) is 9.59 Å². The number of rotatable bonds is 1. The van der Waals surface area contributed by atoms with E-state index in [1.165, 1.54) is 11.1 Å². The van der Waals surface area contributed by atoms with Crippen molar-refractivity contribution in [3.05, 3.63) is 11.9 Å². The monoisotopic (exact) mass is 214 g/mol. The molecular formula is C9H14N2O4. The van der Waals surface area contributed by atoms with Gasteiger partial charge in [-0.3, -0.25) is 4.90 Å². The molecule has 0 saturated carbocycles. The molecule has 1 aliphatic rings. The Kier molecular flexibility index (Phi) is 2.88. The van der Waals surface area contributed by atoms with Crippen molar-refractivity contribution in [2.45, 2.75) is 26.4 Å². The summed E-state index contributed by atoms with van der Waals surface area (Å²) in [6.07, 6.45) is 0.655. The van der Waals surface area contributed by atoms with Crippen molar-refractivity contribution in [2.75, 3.05) is 6.67 Å². The molecule has 0 bridgehead atoms. The van der Waals surface area contributed by atoms with Crippen LogP contribution >= 0.6 is 0 Å². The summed E-state index contributed by atoms with van der Waals surface area (Å²) in [5.74, 6) is -1.10. The third-order valence-electron chi connectivity index (χ3n) is 1.58. The molecule has 84 valence electrons. The molecule has 15 heavy (non-hydrogen) atoms. The topological polar surface area (TPSA) is 78.9 Å². The van der Waals surface area contributed by atoms with Crippen LogP contribution in [0.3, 0.4) is 0 Å². The average molecular weight is 214 g/mol. The minimum Gasteiger partial charge on any atom is -0.477 e. The number of amides is 1. The highest BCUT2D eigenvalue weighted by Crippen LogP contribution is 2.12. The first-order valence-corrected chi connectivity index (χ1v) is 4.48. The molecular weight excluding hydrogens is 200 g/mol. The minimum absolute atomic E-state index is 0.0131. The van der Waals surface area contributed by atoms with Crippen LogP contribution < -0.4 is 5.32 Å². The van der Waals surface area contributed by atoms with E-state index in [4.69, 9.17) is 9.84 Å². The van der Waals surface area contributed by atoms with Gasteiger partial charge < -0.3 is 15.2 Å². The highest BCUT2D eigenvalue weighted by molar-refractivity contribution is 5.87. The third-order valence-corrected chi connectivity index (χ3v) is 1.58. The Hall–Kier alpha value is -1.72. The summed E-state index contributed by atoms with van der Waals surface area (Å²) in [7, 11) is 0. The molecule has 0 aliphatic carbocycles. The summed E-state index contributed by atoms with van der Waals surface area (Å²) in [6, 6.07) is 0. The summed E-state index contributed by atoms with van der Waals surface area (Å²) in [5, 5.41) is 11.2. The Morgan fingerprint density at radius 3 is 2.53 bits per heavy atom. The SMILES string of the molecule is CC(C)(C)OC(=O)N1C=C(C(=O)O)NC1. The van der Waals surface area contributed by atoms with Crippen molar-refractivity contribution in [3.63, 3.8) is 0 Å². The maximum atomic E-state index is 11.5. The van der Waals surface area contributed by atoms with E-state index in [1.54, 1.807) is 20.8 Å². The lowest BCUT2D eigenvalue weighted by Gasteiger charge is -2.22. The number of ether oxygens (including phenoxy) is 1. The zero-order chi connectivity index (χ0) is 11.6. The normalized spacial score (nSPS) is 15.7. The number of aliphatic carboxylic acids is 1. The van der Waals surface area contributed by atoms with Crippen LogP contribution in [0.2, 0.25) is 0 Å². The van der Waals surface area contributed by atoms with Crippen molar-refractivity contribution in [1.29, 1.82) is 0 Å². The number of carboxylic acid groups (broad SMARTS) is 1. The molecule has 0 aromatic rings. The van der Waals surface area contributed by atoms with Gasteiger partial charge in [0.15, 0.2) is 0 Å². The summed E-state index contributed by atoms with van der Waals surface area (Å²) in [6.45, 7) is 5.36. The predicted octanol–water partition coefficient (Wildman–Crippen LogP) is 0.710. The second kappa shape index (κ2) is 3.80. The van der Waals surface area contributed by atoms with Crippen LogP contribution in [-0.4, -0.2) is 34.3 Å². The van der Waals surface area contributed by atoms with E-state index in [0.29, 0.717) is 0 Å². The van der Waals surface area contributed by atoms with Gasteiger partial charge in [0.25, 0.3) is 0 Å². The molecule has 0 spiro atoms. The first-order valence-electron chi connectivity index (χ1n) is 4.48. The second-order valence-corrected chi connectivity index (χ2v) is 4.13. The largest absolute Gasteiger partial charge is 0.477 e. The van der Waals surface area contributed by atoms with E-state index < -0.39 is 17.7 Å². The van der Waals surface area contributed by atoms with Gasteiger partial charge in [0.1, 0.15) is 11.3 Å². The van der Waals surface area contributed by atoms with E-state index >= 15 is 0 Å². The van der Waals surface area contributed by atoms with Crippen LogP contribution in [0.25, 0.3) is 0 Å². The maximum absolute atomic E-state index is 11.5. The number of carbonyl (C=O) groups is 2. The van der Waals surface area contributed by atoms with Gasteiger partial charge in [0, 0.05) is 6.20 Å². The first-order chi connectivity index (χ1) is 6.79. The van der Waals surface area contributed by atoms with E-state index in [0.717, 1.165) is 0 Å². The highest BCUT2D eigenvalue weighted by atomic mass is 16.6. The van der Waals surface area contributed by atoms with Crippen molar-refractivity contribution < 1.29 is 19.4 Å². The van der Waals surface area contributed by atoms with Gasteiger partial charge in [0.2, 0.25) is 0 Å². The molecule has 0 saturated heterocycles. The van der Waals surface area contributed by atoms with Crippen LogP contribution in [0.1, 0.15) is 20.8 Å². The minimum atomic E-state index is -1.10. The maximum Gasteiger partial charge on any atom is 0.415 e. The summed E-state index contributed by atoms with van der Waals surface area (Å²) in [4.78, 5) is 23.2. The fraction of sp³-hybridized carbons (Fsp3) is 0.556. The molecule has 1 amide bonds. The molecule has 0 aromatic carbocycles. The number of nitrogens with one attached hydrogen (secondary N) is 1. The Morgan fingerprint density at radius 2 is 2.13 bits per heavy atom. The Morgan fingerprint density at radius 1 is 1.53 bits per heavy atom. The smallest absolute Gasteiger partial charge is 0.415 e. The zero-order valence-corrected chi connectivity index (χ0v) is 8.90. The van der Waals surface area contributed by atoms with Crippen molar-refractivity contribution in [3.8, 4) is 0 Å². The number of nitrogens with zero attached hydrogens (tertiary/aromatic N) is 1. The van der Waals surface area contributed by atoms with E-state index in [-0.39, 0.29) is 12.4 Å². The first kappa shape index (κ1) is 11.4. The number of hydrogen-bond donors (Lipinski definition) is 2. The summed E-state index contributed by atoms with van der Waals surface area (Å²) in [5.41, 5.74) is -0.600. The van der Waals surface area contributed by atoms with Gasteiger partial charge in [-0.15, -0.1) is 0 Å². The molecule has 6 heteroatoms. The lowest BCUT2D eigenvalue weighted by Crippen LogP contribution is -2.34. The van der Waals surface area contributed by atoms with Crippen molar-refractivity contribution in [1.82, 2.24) is 10.2 Å². The van der Waals surface area contributed by atoms with Gasteiger partial charge >= 0.3 is 12.1 Å². The van der Waals surface area contributed by atoms with Crippen LogP contribution in [0.5, 0.6) is 0 Å². The van der Waals surface area contributed by atoms with Crippen LogP contribution in [0, 0.1) is 0 Å². The average Bonchev–Trinajstić information content (AvgIpc) is 2.47. The molecule has 6 nitrogen and oxygen atoms in total. The summed E-state index contributed by atoms with van der Waals surface area (Å²) >= 11 is 0. The predicted molar refractivity (Wildman–Crippen MR) is 51.8 cm³/mol. The number of carboxylic acids is 1. The Bertz CT molecular complexity index is 317. The molecule has 0 unspecified atom stereocenters. The van der Waals surface area contributed by atoms with Gasteiger partial charge in [-0.2, -0.15) is 0 Å². The molecule has 0 aromatic heterocycles. The second-order valence-electron chi connectivity index (χ2n) is 4.13. The van der Waals surface area contributed by atoms with Crippen LogP contribution in [-0.2, 0) is 9.53 Å². The Balaban J connectivity index is 2.61. The summed E-state index contributed by atoms with van der Waals surface area (Å²) < 4.78 is 5.06. The lowest BCUT2D eigenvalue weighted by atomic mass is 10.2. The fourth-order valence-corrected chi connectivity index (χ4v) is 0.986. The highest BCUT2D eigenvalue weighted by Gasteiger charge is 2.26. The van der Waals surface area contributed by atoms with E-state index in [2.05, 4.69) is 5.32 Å². The molecule has 1 heterocycles. The fourth-order valence-electron chi connectivity index (χ4n) is 0.986. The molecule has 0 radical (unpaired) electrons. The van der Waals surface area contributed by atoms with E-state index in [9.17, 15) is 9.59 Å². The van der Waals surface area contributed by atoms with Crippen LogP contribution in [0.15, 0.2) is 11.9 Å². The van der Waals surface area contributed by atoms with Gasteiger partial charge in [-0.1, -0.05) is 0 Å². The third kappa shape index (κ3) is 3.16. The zero-order valence-electron chi connectivity index (χ0n) is 8.90. The van der Waals surface area contributed by atoms with E-state index in [1.807, 2.05) is 0 Å². The van der Waals surface area contributed by atoms with Crippen molar-refractivity contribution >= 4 is 12.1 Å². The molecule has 0 atom stereocenters. The molecule has 1 aliphatic heterocycles. The van der Waals surface area contributed by atoms with Gasteiger partial charge in [-0.05, 0) is 20.8 Å². The molecule has 1 rings (SSSR count). The quantitative estimate of drug-likeness (QED) is 0.672. The number of hydrogen-bond acceptors (Lipinski definition) is 4. The number of carbonyl (C=O) groups excluding carboxylic acids is 1. The molecule has 2 N–H and O–H groups in total. The standard InChI is InChI=1S/C9H14N2O4/c1-9(2,3)15-8(14)11-4-6(7(12)13)10-5-11/h4,10H,5H2,1-3H3,(H,12,13). The van der Waals surface area contributed by atoms with Crippen molar-refractivity contribution in [2.24, 2.45) is 0 Å². The van der Waals surface area contributed by atoms with Crippen LogP contribution in [0.4, 0.5) is 4.79 Å². The van der Waals surface area contributed by atoms with Gasteiger partial charge in [0.05, 0.1) is 6.67 Å². The Labute approximate surface area is 87.5 Å². The molecule has 0 fully saturated rings.